The number of nitrogens with zero attached hydrogens (tertiary/aromatic N) is 1. The molecule has 1 aromatic carbocycles. The lowest BCUT2D eigenvalue weighted by molar-refractivity contribution is -0.142. The van der Waals surface area contributed by atoms with E-state index in [1.54, 1.807) is 18.3 Å². The van der Waals surface area contributed by atoms with Gasteiger partial charge in [0.1, 0.15) is 6.04 Å². The second-order valence-corrected chi connectivity index (χ2v) is 5.41. The predicted octanol–water partition coefficient (Wildman–Crippen LogP) is 2.85. The quantitative estimate of drug-likeness (QED) is 0.901. The van der Waals surface area contributed by atoms with Crippen LogP contribution < -0.4 is 0 Å². The van der Waals surface area contributed by atoms with E-state index >= 15 is 0 Å². The number of carboxylic acid groups (broad SMARTS) is 1. The van der Waals surface area contributed by atoms with Crippen molar-refractivity contribution < 1.29 is 9.90 Å². The van der Waals surface area contributed by atoms with Crippen molar-refractivity contribution >= 4 is 27.4 Å². The van der Waals surface area contributed by atoms with Gasteiger partial charge >= 0.3 is 5.97 Å². The fraction of sp³-hybridized carbons (Fsp3) is 0.357. The third kappa shape index (κ3) is 2.71. The number of likely N-dealkylation sites (N-methyl/N-ethyl adjacent to an activating group) is 1. The van der Waals surface area contributed by atoms with Gasteiger partial charge in [0.05, 0.1) is 0 Å². The largest absolute Gasteiger partial charge is 0.480 e. The van der Waals surface area contributed by atoms with Crippen molar-refractivity contribution in [3.63, 3.8) is 0 Å². The molecule has 0 spiro atoms. The summed E-state index contributed by atoms with van der Waals surface area (Å²) in [6.45, 7) is 2.47. The second kappa shape index (κ2) is 5.50. The Morgan fingerprint density at radius 1 is 1.44 bits per heavy atom. The van der Waals surface area contributed by atoms with Crippen molar-refractivity contribution in [1.82, 2.24) is 4.90 Å². The molecular weight excluding hydrogens is 246 g/mol. The van der Waals surface area contributed by atoms with E-state index in [1.807, 2.05) is 24.1 Å². The first-order valence-corrected chi connectivity index (χ1v) is 6.85. The molecule has 1 aromatic heterocycles. The van der Waals surface area contributed by atoms with Crippen LogP contribution in [0.2, 0.25) is 0 Å². The molecule has 0 aliphatic rings. The van der Waals surface area contributed by atoms with Gasteiger partial charge in [-0.1, -0.05) is 18.2 Å². The molecule has 0 saturated heterocycles. The molecule has 0 saturated carbocycles. The van der Waals surface area contributed by atoms with Crippen LogP contribution in [0.4, 0.5) is 0 Å². The van der Waals surface area contributed by atoms with E-state index < -0.39 is 12.0 Å². The van der Waals surface area contributed by atoms with Gasteiger partial charge in [0, 0.05) is 11.2 Å². The Hall–Kier alpha value is -1.39. The number of rotatable bonds is 5. The topological polar surface area (TPSA) is 40.5 Å². The highest BCUT2D eigenvalue weighted by atomic mass is 32.1. The van der Waals surface area contributed by atoms with Gasteiger partial charge < -0.3 is 5.11 Å². The number of carboxylic acids is 1. The second-order valence-electron chi connectivity index (χ2n) is 4.50. The van der Waals surface area contributed by atoms with Crippen molar-refractivity contribution in [3.8, 4) is 0 Å². The minimum atomic E-state index is -0.771. The van der Waals surface area contributed by atoms with Crippen molar-refractivity contribution in [2.24, 2.45) is 0 Å². The SMILES string of the molecule is CC(C(=O)O)N(C)CCc1csc2ccccc12. The lowest BCUT2D eigenvalue weighted by Gasteiger charge is -2.20. The van der Waals surface area contributed by atoms with E-state index in [4.69, 9.17) is 5.11 Å². The van der Waals surface area contributed by atoms with E-state index in [0.29, 0.717) is 0 Å². The summed E-state index contributed by atoms with van der Waals surface area (Å²) in [7, 11) is 1.85. The number of hydrogen-bond acceptors (Lipinski definition) is 3. The number of aliphatic carboxylic acids is 1. The van der Waals surface area contributed by atoms with Gasteiger partial charge in [-0.25, -0.2) is 0 Å². The van der Waals surface area contributed by atoms with Crippen LogP contribution in [0.1, 0.15) is 12.5 Å². The maximum atomic E-state index is 10.9. The summed E-state index contributed by atoms with van der Waals surface area (Å²) < 4.78 is 1.29. The van der Waals surface area contributed by atoms with Gasteiger partial charge in [0.15, 0.2) is 0 Å². The standard InChI is InChI=1S/C14H17NO2S/c1-10(14(16)17)15(2)8-7-11-9-18-13-6-4-3-5-12(11)13/h3-6,9-10H,7-8H2,1-2H3,(H,16,17). The summed E-state index contributed by atoms with van der Waals surface area (Å²) >= 11 is 1.75. The maximum absolute atomic E-state index is 10.9. The van der Waals surface area contributed by atoms with Crippen LogP contribution in [0.15, 0.2) is 29.6 Å². The van der Waals surface area contributed by atoms with Crippen LogP contribution in [-0.2, 0) is 11.2 Å². The molecule has 4 heteroatoms. The van der Waals surface area contributed by atoms with Gasteiger partial charge in [0.25, 0.3) is 0 Å². The van der Waals surface area contributed by atoms with E-state index in [1.165, 1.54) is 15.6 Å². The smallest absolute Gasteiger partial charge is 0.320 e. The minimum Gasteiger partial charge on any atom is -0.480 e. The molecule has 1 heterocycles. The zero-order valence-electron chi connectivity index (χ0n) is 10.6. The average Bonchev–Trinajstić information content (AvgIpc) is 2.78. The molecule has 0 bridgehead atoms. The highest BCUT2D eigenvalue weighted by Gasteiger charge is 2.16. The van der Waals surface area contributed by atoms with Gasteiger partial charge in [-0.2, -0.15) is 0 Å². The van der Waals surface area contributed by atoms with Gasteiger partial charge in [0.2, 0.25) is 0 Å². The molecule has 0 amide bonds. The summed E-state index contributed by atoms with van der Waals surface area (Å²) in [4.78, 5) is 12.7. The number of thiophene rings is 1. The number of carbonyl (C=O) groups is 1. The Bertz CT molecular complexity index is 549. The van der Waals surface area contributed by atoms with Crippen molar-refractivity contribution in [2.45, 2.75) is 19.4 Å². The zero-order chi connectivity index (χ0) is 13.1. The van der Waals surface area contributed by atoms with E-state index in [-0.39, 0.29) is 0 Å². The van der Waals surface area contributed by atoms with Gasteiger partial charge in [-0.3, -0.25) is 9.69 Å². The van der Waals surface area contributed by atoms with E-state index in [0.717, 1.165) is 13.0 Å². The molecule has 18 heavy (non-hydrogen) atoms. The third-order valence-corrected chi connectivity index (χ3v) is 4.33. The fourth-order valence-electron chi connectivity index (χ4n) is 1.91. The average molecular weight is 263 g/mol. The summed E-state index contributed by atoms with van der Waals surface area (Å²) in [5.74, 6) is -0.771. The molecule has 0 radical (unpaired) electrons. The molecule has 1 unspecified atom stereocenters. The number of fused-ring (bicyclic) bond motifs is 1. The minimum absolute atomic E-state index is 0.435. The Morgan fingerprint density at radius 2 is 2.17 bits per heavy atom. The monoisotopic (exact) mass is 263 g/mol. The van der Waals surface area contributed by atoms with Gasteiger partial charge in [-0.05, 0) is 42.8 Å². The molecule has 2 rings (SSSR count). The molecule has 2 aromatic rings. The highest BCUT2D eigenvalue weighted by molar-refractivity contribution is 7.17. The molecular formula is C14H17NO2S. The lowest BCUT2D eigenvalue weighted by atomic mass is 10.1. The summed E-state index contributed by atoms with van der Waals surface area (Å²) in [6, 6.07) is 7.90. The lowest BCUT2D eigenvalue weighted by Crippen LogP contribution is -2.37. The first-order valence-electron chi connectivity index (χ1n) is 5.97. The Kier molecular flexibility index (Phi) is 3.99. The van der Waals surface area contributed by atoms with E-state index in [2.05, 4.69) is 17.5 Å². The Labute approximate surface area is 111 Å². The van der Waals surface area contributed by atoms with Crippen LogP contribution in [0.5, 0.6) is 0 Å². The molecule has 0 fully saturated rings. The van der Waals surface area contributed by atoms with Crippen molar-refractivity contribution in [3.05, 3.63) is 35.2 Å². The van der Waals surface area contributed by atoms with Crippen molar-refractivity contribution in [2.75, 3.05) is 13.6 Å². The molecule has 0 aliphatic carbocycles. The molecule has 96 valence electrons. The Balaban J connectivity index is 2.04. The summed E-state index contributed by atoms with van der Waals surface area (Å²) in [5, 5.41) is 12.4. The summed E-state index contributed by atoms with van der Waals surface area (Å²) in [5.41, 5.74) is 1.31. The van der Waals surface area contributed by atoms with Crippen LogP contribution in [0, 0.1) is 0 Å². The maximum Gasteiger partial charge on any atom is 0.320 e. The van der Waals surface area contributed by atoms with Crippen LogP contribution in [0.3, 0.4) is 0 Å². The molecule has 3 nitrogen and oxygen atoms in total. The fourth-order valence-corrected chi connectivity index (χ4v) is 2.90. The third-order valence-electron chi connectivity index (χ3n) is 3.31. The normalized spacial score (nSPS) is 13.1. The molecule has 0 aliphatic heterocycles. The van der Waals surface area contributed by atoms with Crippen LogP contribution in [0.25, 0.3) is 10.1 Å². The van der Waals surface area contributed by atoms with Crippen molar-refractivity contribution in [1.29, 1.82) is 0 Å². The summed E-state index contributed by atoms with van der Waals surface area (Å²) in [6.07, 6.45) is 0.887. The molecule has 1 atom stereocenters. The number of hydrogen-bond donors (Lipinski definition) is 1. The van der Waals surface area contributed by atoms with Crippen LogP contribution >= 0.6 is 11.3 Å². The number of benzene rings is 1. The molecule has 1 N–H and O–H groups in total. The zero-order valence-corrected chi connectivity index (χ0v) is 11.4. The highest BCUT2D eigenvalue weighted by Crippen LogP contribution is 2.26. The predicted molar refractivity (Wildman–Crippen MR) is 75.3 cm³/mol. The Morgan fingerprint density at radius 3 is 2.89 bits per heavy atom. The van der Waals surface area contributed by atoms with Crippen LogP contribution in [-0.4, -0.2) is 35.6 Å². The van der Waals surface area contributed by atoms with E-state index in [9.17, 15) is 4.79 Å². The first-order chi connectivity index (χ1) is 8.59. The first kappa shape index (κ1) is 13.1. The van der Waals surface area contributed by atoms with Gasteiger partial charge in [-0.15, -0.1) is 11.3 Å².